The predicted octanol–water partition coefficient (Wildman–Crippen LogP) is 1.12. The third-order valence-electron chi connectivity index (χ3n) is 1.34. The third kappa shape index (κ3) is 1.31. The van der Waals surface area contributed by atoms with Crippen LogP contribution in [0.3, 0.4) is 0 Å². The van der Waals surface area contributed by atoms with Crippen molar-refractivity contribution in [3.8, 4) is 0 Å². The lowest BCUT2D eigenvalue weighted by Crippen LogP contribution is -2.22. The monoisotopic (exact) mass is 126 g/mol. The van der Waals surface area contributed by atoms with Gasteiger partial charge in [0, 0.05) is 0 Å². The highest BCUT2D eigenvalue weighted by Gasteiger charge is 2.17. The lowest BCUT2D eigenvalue weighted by Gasteiger charge is -2.16. The van der Waals surface area contributed by atoms with E-state index < -0.39 is 0 Å². The van der Waals surface area contributed by atoms with Crippen molar-refractivity contribution in [2.45, 2.75) is 20.0 Å². The maximum Gasteiger partial charge on any atom is 0.313 e. The van der Waals surface area contributed by atoms with Crippen molar-refractivity contribution in [3.05, 3.63) is 12.2 Å². The van der Waals surface area contributed by atoms with Gasteiger partial charge in [0.25, 0.3) is 0 Å². The minimum Gasteiger partial charge on any atom is -0.458 e. The molecule has 0 saturated carbocycles. The molecule has 0 fully saturated rings. The molecule has 0 aromatic heterocycles. The second-order valence-electron chi connectivity index (χ2n) is 2.32. The standard InChI is InChI=1S/C7H10O2/c1-5-3-4-6(2)9-7(5)8/h3-6H,1-2H3/t5-,6+/m0/s1. The van der Waals surface area contributed by atoms with E-state index in [1.165, 1.54) is 0 Å². The van der Waals surface area contributed by atoms with Crippen LogP contribution < -0.4 is 0 Å². The van der Waals surface area contributed by atoms with Crippen LogP contribution in [0.1, 0.15) is 13.8 Å². The molecular weight excluding hydrogens is 116 g/mol. The average Bonchev–Trinajstić information content (AvgIpc) is 1.80. The maximum absolute atomic E-state index is 10.7. The second kappa shape index (κ2) is 2.21. The average molecular weight is 126 g/mol. The van der Waals surface area contributed by atoms with Crippen LogP contribution in [0.25, 0.3) is 0 Å². The zero-order chi connectivity index (χ0) is 6.85. The number of carbonyl (C=O) groups excluding carboxylic acids is 1. The normalized spacial score (nSPS) is 34.2. The van der Waals surface area contributed by atoms with E-state index in [0.717, 1.165) is 0 Å². The number of cyclic esters (lactones) is 1. The van der Waals surface area contributed by atoms with Gasteiger partial charge in [0.1, 0.15) is 6.10 Å². The number of hydrogen-bond acceptors (Lipinski definition) is 2. The van der Waals surface area contributed by atoms with Crippen molar-refractivity contribution in [3.63, 3.8) is 0 Å². The zero-order valence-electron chi connectivity index (χ0n) is 5.63. The van der Waals surface area contributed by atoms with Gasteiger partial charge in [-0.2, -0.15) is 0 Å². The van der Waals surface area contributed by atoms with E-state index in [9.17, 15) is 4.79 Å². The van der Waals surface area contributed by atoms with Crippen LogP contribution in [0.5, 0.6) is 0 Å². The maximum atomic E-state index is 10.7. The van der Waals surface area contributed by atoms with E-state index in [-0.39, 0.29) is 18.0 Å². The summed E-state index contributed by atoms with van der Waals surface area (Å²) in [6.45, 7) is 3.67. The first kappa shape index (κ1) is 6.33. The highest BCUT2D eigenvalue weighted by molar-refractivity contribution is 5.75. The molecule has 0 aromatic rings. The number of hydrogen-bond donors (Lipinski definition) is 0. The number of esters is 1. The van der Waals surface area contributed by atoms with Crippen molar-refractivity contribution in [1.82, 2.24) is 0 Å². The lowest BCUT2D eigenvalue weighted by molar-refractivity contribution is -0.150. The fraction of sp³-hybridized carbons (Fsp3) is 0.571. The van der Waals surface area contributed by atoms with Crippen LogP contribution in [-0.4, -0.2) is 12.1 Å². The van der Waals surface area contributed by atoms with E-state index in [1.807, 2.05) is 26.0 Å². The molecule has 0 aromatic carbocycles. The summed E-state index contributed by atoms with van der Waals surface area (Å²) < 4.78 is 4.87. The molecule has 0 radical (unpaired) electrons. The molecule has 1 heterocycles. The van der Waals surface area contributed by atoms with Crippen LogP contribution in [0.4, 0.5) is 0 Å². The molecule has 0 bridgehead atoms. The Kier molecular flexibility index (Phi) is 1.56. The molecule has 0 amide bonds. The van der Waals surface area contributed by atoms with Crippen molar-refractivity contribution in [2.75, 3.05) is 0 Å². The molecule has 0 unspecified atom stereocenters. The van der Waals surface area contributed by atoms with Crippen molar-refractivity contribution < 1.29 is 9.53 Å². The Morgan fingerprint density at radius 3 is 2.56 bits per heavy atom. The number of carbonyl (C=O) groups is 1. The summed E-state index contributed by atoms with van der Waals surface area (Å²) in [6, 6.07) is 0. The Bertz CT molecular complexity index is 149. The van der Waals surface area contributed by atoms with Gasteiger partial charge in [-0.05, 0) is 19.9 Å². The first-order valence-corrected chi connectivity index (χ1v) is 3.09. The predicted molar refractivity (Wildman–Crippen MR) is 33.9 cm³/mol. The van der Waals surface area contributed by atoms with E-state index in [2.05, 4.69) is 0 Å². The van der Waals surface area contributed by atoms with E-state index in [1.54, 1.807) is 0 Å². The molecule has 2 heteroatoms. The molecule has 9 heavy (non-hydrogen) atoms. The van der Waals surface area contributed by atoms with Crippen molar-refractivity contribution in [1.29, 1.82) is 0 Å². The fourth-order valence-electron chi connectivity index (χ4n) is 0.732. The van der Waals surface area contributed by atoms with Crippen LogP contribution in [-0.2, 0) is 9.53 Å². The summed E-state index contributed by atoms with van der Waals surface area (Å²) in [7, 11) is 0. The molecule has 1 aliphatic heterocycles. The minimum absolute atomic E-state index is 0.0336. The summed E-state index contributed by atoms with van der Waals surface area (Å²) in [5.41, 5.74) is 0. The minimum atomic E-state index is -0.120. The van der Waals surface area contributed by atoms with Crippen LogP contribution >= 0.6 is 0 Å². The van der Waals surface area contributed by atoms with Gasteiger partial charge in [-0.3, -0.25) is 4.79 Å². The Morgan fingerprint density at radius 1 is 1.44 bits per heavy atom. The van der Waals surface area contributed by atoms with Gasteiger partial charge in [-0.1, -0.05) is 6.08 Å². The van der Waals surface area contributed by atoms with Crippen LogP contribution in [0, 0.1) is 5.92 Å². The summed E-state index contributed by atoms with van der Waals surface area (Å²) in [5, 5.41) is 0. The van der Waals surface area contributed by atoms with Crippen LogP contribution in [0.15, 0.2) is 12.2 Å². The third-order valence-corrected chi connectivity index (χ3v) is 1.34. The van der Waals surface area contributed by atoms with Gasteiger partial charge >= 0.3 is 5.97 Å². The van der Waals surface area contributed by atoms with Gasteiger partial charge in [-0.25, -0.2) is 0 Å². The van der Waals surface area contributed by atoms with Gasteiger partial charge in [0.05, 0.1) is 5.92 Å². The summed E-state index contributed by atoms with van der Waals surface area (Å²) >= 11 is 0. The first-order valence-electron chi connectivity index (χ1n) is 3.09. The largest absolute Gasteiger partial charge is 0.458 e. The second-order valence-corrected chi connectivity index (χ2v) is 2.32. The molecule has 1 aliphatic rings. The molecular formula is C7H10O2. The van der Waals surface area contributed by atoms with Gasteiger partial charge in [-0.15, -0.1) is 0 Å². The Morgan fingerprint density at radius 2 is 2.11 bits per heavy atom. The van der Waals surface area contributed by atoms with Crippen molar-refractivity contribution in [2.24, 2.45) is 5.92 Å². The Labute approximate surface area is 54.5 Å². The molecule has 0 saturated heterocycles. The zero-order valence-corrected chi connectivity index (χ0v) is 5.63. The van der Waals surface area contributed by atoms with E-state index in [4.69, 9.17) is 4.74 Å². The van der Waals surface area contributed by atoms with Gasteiger partial charge in [0.2, 0.25) is 0 Å². The Hall–Kier alpha value is -0.790. The van der Waals surface area contributed by atoms with Gasteiger partial charge < -0.3 is 4.74 Å². The molecule has 0 aliphatic carbocycles. The smallest absolute Gasteiger partial charge is 0.313 e. The highest BCUT2D eigenvalue weighted by atomic mass is 16.5. The summed E-state index contributed by atoms with van der Waals surface area (Å²) in [4.78, 5) is 10.7. The molecule has 2 nitrogen and oxygen atoms in total. The molecule has 50 valence electrons. The molecule has 1 rings (SSSR count). The topological polar surface area (TPSA) is 26.3 Å². The van der Waals surface area contributed by atoms with Crippen molar-refractivity contribution >= 4 is 5.97 Å². The fourth-order valence-corrected chi connectivity index (χ4v) is 0.732. The summed E-state index contributed by atoms with van der Waals surface area (Å²) in [5.74, 6) is -0.175. The SMILES string of the molecule is C[C@@H]1C=C[C@H](C)C(=O)O1. The first-order chi connectivity index (χ1) is 4.20. The van der Waals surface area contributed by atoms with E-state index >= 15 is 0 Å². The van der Waals surface area contributed by atoms with Gasteiger partial charge in [0.15, 0.2) is 0 Å². The molecule has 0 N–H and O–H groups in total. The van der Waals surface area contributed by atoms with Crippen LogP contribution in [0.2, 0.25) is 0 Å². The Balaban J connectivity index is 2.65. The molecule has 2 atom stereocenters. The number of rotatable bonds is 0. The quantitative estimate of drug-likeness (QED) is 0.359. The highest BCUT2D eigenvalue weighted by Crippen LogP contribution is 2.10. The van der Waals surface area contributed by atoms with E-state index in [0.29, 0.717) is 0 Å². The lowest BCUT2D eigenvalue weighted by atomic mass is 10.1. The summed E-state index contributed by atoms with van der Waals surface area (Å²) in [6.07, 6.45) is 3.73. The molecule has 0 spiro atoms. The number of ether oxygens (including phenoxy) is 1.